The molecule has 4 aromatic rings. The zero-order valence-electron chi connectivity index (χ0n) is 19.6. The zero-order chi connectivity index (χ0) is 22.9. The molecule has 0 spiro atoms. The van der Waals surface area contributed by atoms with Gasteiger partial charge in [-0.25, -0.2) is 0 Å². The molecule has 4 aromatic carbocycles. The van der Waals surface area contributed by atoms with E-state index in [1.165, 1.54) is 60.0 Å². The Bertz CT molecular complexity index is 1320. The third-order valence-corrected chi connectivity index (χ3v) is 7.50. The first-order chi connectivity index (χ1) is 16.7. The highest BCUT2D eigenvalue weighted by atomic mass is 16.5. The van der Waals surface area contributed by atoms with Gasteiger partial charge in [0.25, 0.3) is 0 Å². The lowest BCUT2D eigenvalue weighted by atomic mass is 9.83. The van der Waals surface area contributed by atoms with Crippen molar-refractivity contribution in [3.05, 3.63) is 95.1 Å². The van der Waals surface area contributed by atoms with Gasteiger partial charge in [0.05, 0.1) is 0 Å². The van der Waals surface area contributed by atoms with E-state index in [0.29, 0.717) is 12.4 Å². The van der Waals surface area contributed by atoms with Crippen LogP contribution in [0.25, 0.3) is 21.9 Å². The molecule has 3 nitrogen and oxygen atoms in total. The molecule has 3 heteroatoms. The number of benzene rings is 4. The smallest absolute Gasteiger partial charge is 0.124 e. The van der Waals surface area contributed by atoms with E-state index in [9.17, 15) is 5.11 Å². The van der Waals surface area contributed by atoms with E-state index in [2.05, 4.69) is 59.5 Å². The van der Waals surface area contributed by atoms with Crippen LogP contribution in [0, 0.1) is 0 Å². The maximum Gasteiger partial charge on any atom is 0.124 e. The van der Waals surface area contributed by atoms with Gasteiger partial charge in [-0.05, 0) is 102 Å². The first-order valence-electron chi connectivity index (χ1n) is 12.5. The van der Waals surface area contributed by atoms with Crippen molar-refractivity contribution in [3.63, 3.8) is 0 Å². The number of ether oxygens (including phenoxy) is 1. The molecule has 1 aliphatic heterocycles. The van der Waals surface area contributed by atoms with Gasteiger partial charge in [-0.1, -0.05) is 55.0 Å². The highest BCUT2D eigenvalue weighted by molar-refractivity contribution is 5.94. The molecule has 1 fully saturated rings. The minimum absolute atomic E-state index is 0.322. The molecule has 1 saturated heterocycles. The second-order valence-electron chi connectivity index (χ2n) is 9.69. The molecule has 1 aliphatic carbocycles. The molecule has 0 bridgehead atoms. The molecule has 0 radical (unpaired) electrons. The van der Waals surface area contributed by atoms with Crippen LogP contribution in [0.15, 0.2) is 72.8 Å². The van der Waals surface area contributed by atoms with Crippen molar-refractivity contribution in [3.8, 4) is 22.6 Å². The number of hydrogen-bond acceptors (Lipinski definition) is 3. The lowest BCUT2D eigenvalue weighted by Crippen LogP contribution is -2.33. The Kier molecular flexibility index (Phi) is 5.72. The van der Waals surface area contributed by atoms with E-state index in [0.717, 1.165) is 41.6 Å². The summed E-state index contributed by atoms with van der Waals surface area (Å²) in [6.07, 6.45) is 5.88. The fourth-order valence-electron chi connectivity index (χ4n) is 5.58. The lowest BCUT2D eigenvalue weighted by Gasteiger charge is -2.26. The van der Waals surface area contributed by atoms with E-state index in [1.54, 1.807) is 0 Å². The molecule has 1 N–H and O–H groups in total. The van der Waals surface area contributed by atoms with E-state index in [1.807, 2.05) is 18.2 Å². The maximum absolute atomic E-state index is 10.8. The number of likely N-dealkylation sites (tertiary alicyclic amines) is 1. The van der Waals surface area contributed by atoms with E-state index >= 15 is 0 Å². The molecular formula is C31H31NO2. The summed E-state index contributed by atoms with van der Waals surface area (Å²) in [5.74, 6) is 1.21. The van der Waals surface area contributed by atoms with Crippen molar-refractivity contribution in [2.45, 2.75) is 32.1 Å². The van der Waals surface area contributed by atoms with Crippen LogP contribution in [0.3, 0.4) is 0 Å². The Morgan fingerprint density at radius 3 is 2.32 bits per heavy atom. The van der Waals surface area contributed by atoms with Crippen LogP contribution in [0.2, 0.25) is 0 Å². The predicted octanol–water partition coefficient (Wildman–Crippen LogP) is 6.57. The van der Waals surface area contributed by atoms with Crippen molar-refractivity contribution >= 4 is 10.8 Å². The summed E-state index contributed by atoms with van der Waals surface area (Å²) < 4.78 is 6.00. The van der Waals surface area contributed by atoms with Gasteiger partial charge in [-0.2, -0.15) is 0 Å². The van der Waals surface area contributed by atoms with Crippen LogP contribution in [0.1, 0.15) is 41.5 Å². The first kappa shape index (κ1) is 21.2. The second kappa shape index (κ2) is 9.15. The van der Waals surface area contributed by atoms with Gasteiger partial charge in [-0.15, -0.1) is 0 Å². The van der Waals surface area contributed by atoms with Crippen LogP contribution in [-0.2, 0) is 12.8 Å². The molecule has 0 amide bonds. The van der Waals surface area contributed by atoms with Gasteiger partial charge in [-0.3, -0.25) is 4.90 Å². The molecule has 0 aromatic heterocycles. The number of rotatable bonds is 5. The Balaban J connectivity index is 1.24. The minimum Gasteiger partial charge on any atom is -0.507 e. The lowest BCUT2D eigenvalue weighted by molar-refractivity contribution is 0.183. The van der Waals surface area contributed by atoms with Crippen LogP contribution in [0.5, 0.6) is 11.5 Å². The molecule has 0 atom stereocenters. The van der Waals surface area contributed by atoms with Crippen molar-refractivity contribution in [1.29, 1.82) is 0 Å². The third kappa shape index (κ3) is 4.17. The standard InChI is InChI=1S/C31H31NO2/c33-31-20-26-9-8-25-18-23-6-2-3-7-24(23)19-28(25)29(26)21-30(31)22-10-12-27(13-11-22)34-17-16-32-14-4-1-5-15-32/h2-3,6-13,20-21,33H,1,4-5,14-19H2. The fourth-order valence-corrected chi connectivity index (χ4v) is 5.58. The number of phenols is 1. The average molecular weight is 450 g/mol. The second-order valence-corrected chi connectivity index (χ2v) is 9.69. The summed E-state index contributed by atoms with van der Waals surface area (Å²) in [5, 5.41) is 13.2. The largest absolute Gasteiger partial charge is 0.507 e. The quantitative estimate of drug-likeness (QED) is 0.329. The summed E-state index contributed by atoms with van der Waals surface area (Å²) >= 11 is 0. The topological polar surface area (TPSA) is 32.7 Å². The van der Waals surface area contributed by atoms with Gasteiger partial charge in [0.15, 0.2) is 0 Å². The molecule has 172 valence electrons. The van der Waals surface area contributed by atoms with E-state index in [-0.39, 0.29) is 0 Å². The monoisotopic (exact) mass is 449 g/mol. The number of phenolic OH excluding ortho intramolecular Hbond substituents is 1. The normalized spacial score (nSPS) is 15.6. The van der Waals surface area contributed by atoms with Crippen molar-refractivity contribution in [2.75, 3.05) is 26.2 Å². The van der Waals surface area contributed by atoms with E-state index < -0.39 is 0 Å². The van der Waals surface area contributed by atoms with Gasteiger partial charge in [0, 0.05) is 12.1 Å². The number of aromatic hydroxyl groups is 1. The molecule has 0 unspecified atom stereocenters. The fraction of sp³-hybridized carbons (Fsp3) is 0.290. The predicted molar refractivity (Wildman–Crippen MR) is 139 cm³/mol. The minimum atomic E-state index is 0.322. The van der Waals surface area contributed by atoms with Crippen molar-refractivity contribution in [1.82, 2.24) is 4.90 Å². The Labute approximate surface area is 201 Å². The van der Waals surface area contributed by atoms with Crippen LogP contribution in [0.4, 0.5) is 0 Å². The molecule has 34 heavy (non-hydrogen) atoms. The molecular weight excluding hydrogens is 418 g/mol. The highest BCUT2D eigenvalue weighted by Crippen LogP contribution is 2.39. The number of fused-ring (bicyclic) bond motifs is 4. The van der Waals surface area contributed by atoms with Gasteiger partial charge < -0.3 is 9.84 Å². The number of nitrogens with zero attached hydrogens (tertiary/aromatic N) is 1. The maximum atomic E-state index is 10.8. The summed E-state index contributed by atoms with van der Waals surface area (Å²) in [4.78, 5) is 2.49. The Hall–Kier alpha value is -3.30. The summed E-state index contributed by atoms with van der Waals surface area (Å²) in [6, 6.07) is 25.3. The van der Waals surface area contributed by atoms with Gasteiger partial charge >= 0.3 is 0 Å². The zero-order valence-corrected chi connectivity index (χ0v) is 19.6. The molecule has 1 heterocycles. The number of piperidine rings is 1. The first-order valence-corrected chi connectivity index (χ1v) is 12.5. The molecule has 0 saturated carbocycles. The van der Waals surface area contributed by atoms with Crippen LogP contribution in [-0.4, -0.2) is 36.2 Å². The molecule has 6 rings (SSSR count). The van der Waals surface area contributed by atoms with Gasteiger partial charge in [0.1, 0.15) is 18.1 Å². The average Bonchev–Trinajstić information content (AvgIpc) is 2.88. The Morgan fingerprint density at radius 2 is 1.53 bits per heavy atom. The SMILES string of the molecule is Oc1cc2ccc3c(c2cc1-c1ccc(OCCN2CCCCC2)cc1)Cc1ccccc1C3. The highest BCUT2D eigenvalue weighted by Gasteiger charge is 2.18. The third-order valence-electron chi connectivity index (χ3n) is 7.50. The van der Waals surface area contributed by atoms with Crippen LogP contribution < -0.4 is 4.74 Å². The van der Waals surface area contributed by atoms with Crippen molar-refractivity contribution in [2.24, 2.45) is 0 Å². The van der Waals surface area contributed by atoms with Crippen LogP contribution >= 0.6 is 0 Å². The van der Waals surface area contributed by atoms with E-state index in [4.69, 9.17) is 4.74 Å². The Morgan fingerprint density at radius 1 is 0.765 bits per heavy atom. The van der Waals surface area contributed by atoms with Crippen molar-refractivity contribution < 1.29 is 9.84 Å². The molecule has 2 aliphatic rings. The number of hydrogen-bond donors (Lipinski definition) is 1. The summed E-state index contributed by atoms with van der Waals surface area (Å²) in [6.45, 7) is 4.09. The summed E-state index contributed by atoms with van der Waals surface area (Å²) in [5.41, 5.74) is 7.49. The van der Waals surface area contributed by atoms with Gasteiger partial charge in [0.2, 0.25) is 0 Å². The summed E-state index contributed by atoms with van der Waals surface area (Å²) in [7, 11) is 0.